The van der Waals surface area contributed by atoms with E-state index in [4.69, 9.17) is 18.9 Å². The molecule has 1 amide bonds. The summed E-state index contributed by atoms with van der Waals surface area (Å²) in [7, 11) is 1.67. The van der Waals surface area contributed by atoms with Gasteiger partial charge in [0.15, 0.2) is 11.5 Å². The molecule has 0 aliphatic carbocycles. The Balaban J connectivity index is 1.14. The van der Waals surface area contributed by atoms with Crippen LogP contribution in [0.2, 0.25) is 0 Å². The van der Waals surface area contributed by atoms with Gasteiger partial charge >= 0.3 is 0 Å². The third-order valence-electron chi connectivity index (χ3n) is 5.66. The van der Waals surface area contributed by atoms with E-state index in [9.17, 15) is 4.79 Å². The molecule has 0 saturated carbocycles. The molecule has 2 aliphatic heterocycles. The van der Waals surface area contributed by atoms with Gasteiger partial charge in [0, 0.05) is 32.7 Å². The summed E-state index contributed by atoms with van der Waals surface area (Å²) in [5, 5.41) is 0. The number of piperazine rings is 1. The zero-order valence-electron chi connectivity index (χ0n) is 18.0. The fourth-order valence-electron chi connectivity index (χ4n) is 3.83. The molecule has 0 atom stereocenters. The highest BCUT2D eigenvalue weighted by atomic mass is 16.6. The van der Waals surface area contributed by atoms with Crippen LogP contribution in [0, 0.1) is 0 Å². The molecular formula is C24H30N2O5. The molecule has 0 N–H and O–H groups in total. The van der Waals surface area contributed by atoms with Crippen LogP contribution in [0.25, 0.3) is 0 Å². The lowest BCUT2D eigenvalue weighted by Crippen LogP contribution is -2.49. The van der Waals surface area contributed by atoms with Gasteiger partial charge in [-0.15, -0.1) is 0 Å². The Morgan fingerprint density at radius 1 is 0.935 bits per heavy atom. The zero-order chi connectivity index (χ0) is 21.5. The molecule has 4 rings (SSSR count). The Morgan fingerprint density at radius 3 is 2.39 bits per heavy atom. The van der Waals surface area contributed by atoms with Crippen LogP contribution in [-0.4, -0.2) is 75.4 Å². The van der Waals surface area contributed by atoms with Crippen molar-refractivity contribution in [2.75, 3.05) is 59.7 Å². The molecule has 166 valence electrons. The lowest BCUT2D eigenvalue weighted by Gasteiger charge is -2.34. The number of amides is 1. The SMILES string of the molecule is COc1ccc(CN2CCN(C(=O)COCCc3ccc4c(c3)OCCO4)CC2)cc1. The summed E-state index contributed by atoms with van der Waals surface area (Å²) in [4.78, 5) is 16.7. The second-order valence-electron chi connectivity index (χ2n) is 7.79. The predicted octanol–water partition coefficient (Wildman–Crippen LogP) is 2.37. The van der Waals surface area contributed by atoms with E-state index in [0.717, 1.165) is 62.0 Å². The molecule has 1 saturated heterocycles. The number of nitrogens with zero attached hydrogens (tertiary/aromatic N) is 2. The molecular weight excluding hydrogens is 396 g/mol. The summed E-state index contributed by atoms with van der Waals surface area (Å²) >= 11 is 0. The first-order valence-electron chi connectivity index (χ1n) is 10.8. The van der Waals surface area contributed by atoms with Crippen LogP contribution in [0.3, 0.4) is 0 Å². The number of carbonyl (C=O) groups excluding carboxylic acids is 1. The van der Waals surface area contributed by atoms with Crippen molar-refractivity contribution in [2.24, 2.45) is 0 Å². The average molecular weight is 427 g/mol. The fraction of sp³-hybridized carbons (Fsp3) is 0.458. The zero-order valence-corrected chi connectivity index (χ0v) is 18.0. The topological polar surface area (TPSA) is 60.5 Å². The first kappa shape index (κ1) is 21.5. The molecule has 7 nitrogen and oxygen atoms in total. The quantitative estimate of drug-likeness (QED) is 0.604. The van der Waals surface area contributed by atoms with Crippen molar-refractivity contribution in [1.29, 1.82) is 0 Å². The molecule has 31 heavy (non-hydrogen) atoms. The Bertz CT molecular complexity index is 863. The van der Waals surface area contributed by atoms with Crippen LogP contribution >= 0.6 is 0 Å². The Hall–Kier alpha value is -2.77. The van der Waals surface area contributed by atoms with Gasteiger partial charge in [-0.25, -0.2) is 0 Å². The van der Waals surface area contributed by atoms with E-state index in [0.29, 0.717) is 19.8 Å². The molecule has 0 radical (unpaired) electrons. The normalized spacial score (nSPS) is 16.2. The minimum Gasteiger partial charge on any atom is -0.497 e. The fourth-order valence-corrected chi connectivity index (χ4v) is 3.83. The van der Waals surface area contributed by atoms with E-state index < -0.39 is 0 Å². The van der Waals surface area contributed by atoms with Gasteiger partial charge in [0.2, 0.25) is 5.91 Å². The van der Waals surface area contributed by atoms with Crippen LogP contribution in [0.4, 0.5) is 0 Å². The van der Waals surface area contributed by atoms with Crippen molar-refractivity contribution in [3.05, 3.63) is 53.6 Å². The molecule has 2 aliphatic rings. The molecule has 2 aromatic carbocycles. The lowest BCUT2D eigenvalue weighted by atomic mass is 10.1. The smallest absolute Gasteiger partial charge is 0.248 e. The van der Waals surface area contributed by atoms with Crippen LogP contribution in [0.15, 0.2) is 42.5 Å². The standard InChI is InChI=1S/C24H30N2O5/c1-28-21-5-2-20(3-6-21)17-25-9-11-26(12-10-25)24(27)18-29-13-8-19-4-7-22-23(16-19)31-15-14-30-22/h2-7,16H,8-15,17-18H2,1H3. The maximum absolute atomic E-state index is 12.5. The van der Waals surface area contributed by atoms with E-state index in [2.05, 4.69) is 17.0 Å². The summed E-state index contributed by atoms with van der Waals surface area (Å²) in [6.07, 6.45) is 0.736. The Kier molecular flexibility index (Phi) is 7.27. The molecule has 7 heteroatoms. The number of rotatable bonds is 8. The number of methoxy groups -OCH3 is 1. The van der Waals surface area contributed by atoms with Gasteiger partial charge in [0.1, 0.15) is 25.6 Å². The molecule has 1 fully saturated rings. The van der Waals surface area contributed by atoms with Crippen molar-refractivity contribution in [3.8, 4) is 17.2 Å². The summed E-state index contributed by atoms with van der Waals surface area (Å²) in [5.74, 6) is 2.50. The first-order valence-corrected chi connectivity index (χ1v) is 10.8. The second-order valence-corrected chi connectivity index (χ2v) is 7.79. The largest absolute Gasteiger partial charge is 0.497 e. The monoisotopic (exact) mass is 426 g/mol. The number of ether oxygens (including phenoxy) is 4. The van der Waals surface area contributed by atoms with Gasteiger partial charge < -0.3 is 23.8 Å². The minimum atomic E-state index is 0.0614. The summed E-state index contributed by atoms with van der Waals surface area (Å²) < 4.78 is 22.0. The third-order valence-corrected chi connectivity index (χ3v) is 5.66. The lowest BCUT2D eigenvalue weighted by molar-refractivity contribution is -0.137. The predicted molar refractivity (Wildman–Crippen MR) is 117 cm³/mol. The molecule has 0 aromatic heterocycles. The van der Waals surface area contributed by atoms with Gasteiger partial charge in [-0.2, -0.15) is 0 Å². The van der Waals surface area contributed by atoms with Gasteiger partial charge in [-0.05, 0) is 41.8 Å². The van der Waals surface area contributed by atoms with Crippen molar-refractivity contribution < 1.29 is 23.7 Å². The Morgan fingerprint density at radius 2 is 1.65 bits per heavy atom. The van der Waals surface area contributed by atoms with Crippen LogP contribution < -0.4 is 14.2 Å². The van der Waals surface area contributed by atoms with Crippen molar-refractivity contribution in [3.63, 3.8) is 0 Å². The third kappa shape index (κ3) is 5.89. The maximum atomic E-state index is 12.5. The number of hydrogen-bond acceptors (Lipinski definition) is 6. The molecule has 0 spiro atoms. The van der Waals surface area contributed by atoms with E-state index in [1.165, 1.54) is 5.56 Å². The van der Waals surface area contributed by atoms with Crippen LogP contribution in [0.5, 0.6) is 17.2 Å². The highest BCUT2D eigenvalue weighted by molar-refractivity contribution is 5.77. The molecule has 2 aromatic rings. The van der Waals surface area contributed by atoms with Crippen molar-refractivity contribution >= 4 is 5.91 Å². The van der Waals surface area contributed by atoms with Gasteiger partial charge in [-0.3, -0.25) is 9.69 Å². The van der Waals surface area contributed by atoms with E-state index in [1.54, 1.807) is 7.11 Å². The second kappa shape index (κ2) is 10.5. The molecule has 2 heterocycles. The number of benzene rings is 2. The summed E-state index contributed by atoms with van der Waals surface area (Å²) in [5.41, 5.74) is 2.37. The van der Waals surface area contributed by atoms with Gasteiger partial charge in [0.25, 0.3) is 0 Å². The number of fused-ring (bicyclic) bond motifs is 1. The summed E-state index contributed by atoms with van der Waals surface area (Å²) in [6.45, 7) is 5.90. The van der Waals surface area contributed by atoms with Crippen molar-refractivity contribution in [1.82, 2.24) is 9.80 Å². The maximum Gasteiger partial charge on any atom is 0.248 e. The average Bonchev–Trinajstić information content (AvgIpc) is 2.82. The van der Waals surface area contributed by atoms with Gasteiger partial charge in [-0.1, -0.05) is 18.2 Å². The number of carbonyl (C=O) groups is 1. The van der Waals surface area contributed by atoms with Crippen LogP contribution in [-0.2, 0) is 22.5 Å². The summed E-state index contributed by atoms with van der Waals surface area (Å²) in [6, 6.07) is 14.1. The molecule has 0 unspecified atom stereocenters. The Labute approximate surface area is 183 Å². The number of hydrogen-bond donors (Lipinski definition) is 0. The highest BCUT2D eigenvalue weighted by Crippen LogP contribution is 2.30. The van der Waals surface area contributed by atoms with Crippen LogP contribution in [0.1, 0.15) is 11.1 Å². The first-order chi connectivity index (χ1) is 15.2. The molecule has 0 bridgehead atoms. The van der Waals surface area contributed by atoms with E-state index >= 15 is 0 Å². The van der Waals surface area contributed by atoms with Gasteiger partial charge in [0.05, 0.1) is 13.7 Å². The van der Waals surface area contributed by atoms with E-state index in [1.807, 2.05) is 35.2 Å². The van der Waals surface area contributed by atoms with Crippen molar-refractivity contribution in [2.45, 2.75) is 13.0 Å². The minimum absolute atomic E-state index is 0.0614. The highest BCUT2D eigenvalue weighted by Gasteiger charge is 2.21. The van der Waals surface area contributed by atoms with E-state index in [-0.39, 0.29) is 12.5 Å².